The van der Waals surface area contributed by atoms with E-state index in [1.807, 2.05) is 0 Å². The van der Waals surface area contributed by atoms with Gasteiger partial charge in [0, 0.05) is 30.2 Å². The predicted octanol–water partition coefficient (Wildman–Crippen LogP) is 3.01. The van der Waals surface area contributed by atoms with Crippen molar-refractivity contribution in [1.29, 1.82) is 0 Å². The molecule has 4 N–H and O–H groups in total. The van der Waals surface area contributed by atoms with Crippen LogP contribution in [0.15, 0.2) is 48.2 Å². The molecule has 0 fully saturated rings. The number of nitrogens with one attached hydrogen (secondary N) is 2. The Labute approximate surface area is 187 Å². The summed E-state index contributed by atoms with van der Waals surface area (Å²) in [6.45, 7) is 1.50. The van der Waals surface area contributed by atoms with E-state index in [0.29, 0.717) is 11.4 Å². The Morgan fingerprint density at radius 1 is 1.09 bits per heavy atom. The Kier molecular flexibility index (Phi) is 6.61. The van der Waals surface area contributed by atoms with E-state index in [1.165, 1.54) is 26.2 Å². The van der Waals surface area contributed by atoms with Crippen LogP contribution in [0.1, 0.15) is 30.9 Å². The van der Waals surface area contributed by atoms with Crippen LogP contribution < -0.4 is 26.2 Å². The van der Waals surface area contributed by atoms with E-state index in [4.69, 9.17) is 10.5 Å². The number of fused-ring (bicyclic) bond motifs is 1. The molecule has 0 radical (unpaired) electrons. The summed E-state index contributed by atoms with van der Waals surface area (Å²) in [5.41, 5.74) is 9.94. The number of carbonyl (C=O) groups excluding carboxylic acids is 3. The van der Waals surface area contributed by atoms with E-state index in [1.54, 1.807) is 18.2 Å². The van der Waals surface area contributed by atoms with Gasteiger partial charge in [-0.3, -0.25) is 24.7 Å². The molecule has 174 valence electrons. The van der Waals surface area contributed by atoms with Crippen LogP contribution in [0.4, 0.5) is 24.5 Å². The second-order valence-electron chi connectivity index (χ2n) is 7.21. The van der Waals surface area contributed by atoms with Crippen LogP contribution in [0.25, 0.3) is 5.57 Å². The molecule has 33 heavy (non-hydrogen) atoms. The molecule has 1 heterocycles. The third kappa shape index (κ3) is 5.08. The number of ether oxygens (including phenoxy) is 1. The van der Waals surface area contributed by atoms with Crippen molar-refractivity contribution < 1.29 is 32.3 Å². The molecule has 2 aromatic rings. The lowest BCUT2D eigenvalue weighted by molar-refractivity contribution is -0.137. The van der Waals surface area contributed by atoms with Gasteiger partial charge >= 0.3 is 6.18 Å². The smallest absolute Gasteiger partial charge is 0.416 e. The molecule has 3 rings (SSSR count). The predicted molar refractivity (Wildman–Crippen MR) is 114 cm³/mol. The van der Waals surface area contributed by atoms with Gasteiger partial charge in [-0.15, -0.1) is 0 Å². The molecule has 0 bridgehead atoms. The Morgan fingerprint density at radius 3 is 2.45 bits per heavy atom. The number of hydrazine groups is 1. The third-order valence-electron chi connectivity index (χ3n) is 4.93. The molecule has 11 heteroatoms. The summed E-state index contributed by atoms with van der Waals surface area (Å²) in [4.78, 5) is 37.2. The van der Waals surface area contributed by atoms with Crippen LogP contribution >= 0.6 is 0 Å². The van der Waals surface area contributed by atoms with Gasteiger partial charge in [-0.2, -0.15) is 13.2 Å². The van der Waals surface area contributed by atoms with E-state index >= 15 is 0 Å². The van der Waals surface area contributed by atoms with Gasteiger partial charge in [0.25, 0.3) is 5.91 Å². The molecule has 8 nitrogen and oxygen atoms in total. The van der Waals surface area contributed by atoms with Crippen molar-refractivity contribution in [3.05, 3.63) is 59.3 Å². The number of carbonyl (C=O) groups is 3. The zero-order valence-electron chi connectivity index (χ0n) is 17.7. The van der Waals surface area contributed by atoms with Crippen LogP contribution in [0.5, 0.6) is 5.75 Å². The number of hydrogen-bond acceptors (Lipinski definition) is 5. The van der Waals surface area contributed by atoms with E-state index < -0.39 is 29.5 Å². The second kappa shape index (κ2) is 9.23. The lowest BCUT2D eigenvalue weighted by atomic mass is 10.0. The molecule has 0 aliphatic carbocycles. The number of methoxy groups -OCH3 is 1. The zero-order valence-corrected chi connectivity index (χ0v) is 17.7. The minimum absolute atomic E-state index is 0.0410. The topological polar surface area (TPSA) is 114 Å². The Balaban J connectivity index is 2.03. The third-order valence-corrected chi connectivity index (χ3v) is 4.93. The normalized spacial score (nSPS) is 14.6. The molecule has 1 aliphatic heterocycles. The molecular weight excluding hydrogens is 441 g/mol. The maximum atomic E-state index is 13.4. The average Bonchev–Trinajstić information content (AvgIpc) is 3.06. The van der Waals surface area contributed by atoms with Crippen LogP contribution in [0, 0.1) is 0 Å². The highest BCUT2D eigenvalue weighted by Crippen LogP contribution is 2.45. The molecule has 2 aromatic carbocycles. The molecule has 0 aromatic heterocycles. The van der Waals surface area contributed by atoms with Crippen LogP contribution in [0.3, 0.4) is 0 Å². The number of amides is 3. The van der Waals surface area contributed by atoms with Gasteiger partial charge in [0.1, 0.15) is 5.75 Å². The molecule has 0 spiro atoms. The van der Waals surface area contributed by atoms with Crippen molar-refractivity contribution in [2.45, 2.75) is 25.9 Å². The molecule has 1 aliphatic rings. The van der Waals surface area contributed by atoms with E-state index in [0.717, 1.165) is 17.0 Å². The first-order valence-corrected chi connectivity index (χ1v) is 9.77. The second-order valence-corrected chi connectivity index (χ2v) is 7.21. The molecule has 0 saturated carbocycles. The summed E-state index contributed by atoms with van der Waals surface area (Å²) < 4.78 is 45.3. The van der Waals surface area contributed by atoms with Gasteiger partial charge in [-0.25, -0.2) is 0 Å². The number of nitrogens with zero attached hydrogens (tertiary/aromatic N) is 1. The summed E-state index contributed by atoms with van der Waals surface area (Å²) in [7, 11) is 1.43. The van der Waals surface area contributed by atoms with Crippen LogP contribution in [-0.4, -0.2) is 24.8 Å². The summed E-state index contributed by atoms with van der Waals surface area (Å²) in [5, 5.41) is 0. The first kappa shape index (κ1) is 23.6. The minimum Gasteiger partial charge on any atom is -0.497 e. The number of benzene rings is 2. The number of alkyl halides is 3. The lowest BCUT2D eigenvalue weighted by Gasteiger charge is -2.19. The first-order chi connectivity index (χ1) is 15.5. The lowest BCUT2D eigenvalue weighted by Crippen LogP contribution is -2.37. The number of anilines is 2. The molecule has 3 amide bonds. The van der Waals surface area contributed by atoms with Gasteiger partial charge in [0.15, 0.2) is 0 Å². The zero-order chi connectivity index (χ0) is 24.3. The van der Waals surface area contributed by atoms with Crippen LogP contribution in [0.2, 0.25) is 0 Å². The van der Waals surface area contributed by atoms with Crippen molar-refractivity contribution in [2.75, 3.05) is 12.0 Å². The highest BCUT2D eigenvalue weighted by Gasteiger charge is 2.39. The van der Waals surface area contributed by atoms with Crippen LogP contribution in [-0.2, 0) is 20.6 Å². The van der Waals surface area contributed by atoms with Gasteiger partial charge in [0.2, 0.25) is 11.8 Å². The van der Waals surface area contributed by atoms with E-state index in [9.17, 15) is 27.6 Å². The van der Waals surface area contributed by atoms with Gasteiger partial charge < -0.3 is 15.9 Å². The molecular formula is C22H21F3N4O4. The standard InChI is InChI=1S/C22H21F3N4O4/c1-12(27-28-19(31)9-8-18(26)30)20-16-7-6-13(22(23,24)25)10-17(16)29(21(20)32)14-4-3-5-15(11-14)33-2/h3-7,10-11,27H,8-9H2,1-2H3,(H2,26,30)(H,28,31)/b20-12-. The van der Waals surface area contributed by atoms with Gasteiger partial charge in [-0.05, 0) is 31.2 Å². The first-order valence-electron chi connectivity index (χ1n) is 9.77. The molecule has 0 unspecified atom stereocenters. The highest BCUT2D eigenvalue weighted by molar-refractivity contribution is 6.35. The fraction of sp³-hybridized carbons (Fsp3) is 0.227. The van der Waals surface area contributed by atoms with E-state index in [2.05, 4.69) is 10.9 Å². The quantitative estimate of drug-likeness (QED) is 0.433. The fourth-order valence-corrected chi connectivity index (χ4v) is 3.33. The van der Waals surface area contributed by atoms with Crippen molar-refractivity contribution in [3.8, 4) is 5.75 Å². The van der Waals surface area contributed by atoms with Crippen molar-refractivity contribution in [3.63, 3.8) is 0 Å². The summed E-state index contributed by atoms with van der Waals surface area (Å²) in [6.07, 6.45) is -4.93. The van der Waals surface area contributed by atoms with Gasteiger partial charge in [-0.1, -0.05) is 12.1 Å². The Hall–Kier alpha value is -4.02. The fourth-order valence-electron chi connectivity index (χ4n) is 3.33. The van der Waals surface area contributed by atoms with Crippen molar-refractivity contribution >= 4 is 34.7 Å². The number of nitrogens with two attached hydrogens (primary N) is 1. The summed E-state index contributed by atoms with van der Waals surface area (Å²) >= 11 is 0. The SMILES string of the molecule is COc1cccc(N2C(=O)/C(=C(/C)NNC(=O)CCC(N)=O)c3ccc(C(F)(F)F)cc32)c1. The highest BCUT2D eigenvalue weighted by atomic mass is 19.4. The number of allylic oxidation sites excluding steroid dienone is 1. The number of primary amides is 1. The Bertz CT molecular complexity index is 1140. The van der Waals surface area contributed by atoms with E-state index in [-0.39, 0.29) is 35.4 Å². The summed E-state index contributed by atoms with van der Waals surface area (Å²) in [5.74, 6) is -1.36. The maximum absolute atomic E-state index is 13.4. The summed E-state index contributed by atoms with van der Waals surface area (Å²) in [6, 6.07) is 9.35. The average molecular weight is 462 g/mol. The van der Waals surface area contributed by atoms with Gasteiger partial charge in [0.05, 0.1) is 29.6 Å². The molecule has 0 atom stereocenters. The van der Waals surface area contributed by atoms with Crippen molar-refractivity contribution in [2.24, 2.45) is 5.73 Å². The Morgan fingerprint density at radius 2 is 1.82 bits per heavy atom. The largest absolute Gasteiger partial charge is 0.497 e. The number of hydrogen-bond donors (Lipinski definition) is 3. The molecule has 0 saturated heterocycles. The minimum atomic E-state index is -4.60. The number of halogens is 3. The monoisotopic (exact) mass is 462 g/mol. The maximum Gasteiger partial charge on any atom is 0.416 e. The number of rotatable bonds is 7. The van der Waals surface area contributed by atoms with Crippen molar-refractivity contribution in [1.82, 2.24) is 10.9 Å².